The number of para-hydroxylation sites is 1. The van der Waals surface area contributed by atoms with Crippen molar-refractivity contribution in [3.63, 3.8) is 0 Å². The number of alkyl halides is 1. The van der Waals surface area contributed by atoms with Crippen molar-refractivity contribution in [3.05, 3.63) is 53.6 Å². The zero-order chi connectivity index (χ0) is 27.6. The molecule has 3 aromatic rings. The largest absolute Gasteiger partial charge is 0.469 e. The topological polar surface area (TPSA) is 93.9 Å². The molecule has 208 valence electrons. The highest BCUT2D eigenvalue weighted by atomic mass is 19.2. The Balaban J connectivity index is 1.31. The van der Waals surface area contributed by atoms with Gasteiger partial charge in [-0.2, -0.15) is 9.37 Å². The molecule has 8 nitrogen and oxygen atoms in total. The van der Waals surface area contributed by atoms with Crippen LogP contribution in [0.25, 0.3) is 11.1 Å². The van der Waals surface area contributed by atoms with E-state index in [2.05, 4.69) is 10.3 Å². The Bertz CT molecular complexity index is 1340. The second kappa shape index (κ2) is 11.4. The van der Waals surface area contributed by atoms with Gasteiger partial charge in [-0.25, -0.2) is 4.90 Å². The van der Waals surface area contributed by atoms with Crippen LogP contribution in [0.3, 0.4) is 0 Å². The zero-order valence-electron chi connectivity index (χ0n) is 22.7. The number of carbonyl (C=O) groups is 2. The maximum Gasteiger partial charge on any atom is 0.330 e. The van der Waals surface area contributed by atoms with Gasteiger partial charge in [0.2, 0.25) is 5.78 Å². The van der Waals surface area contributed by atoms with Gasteiger partial charge in [0.25, 0.3) is 6.01 Å². The van der Waals surface area contributed by atoms with Gasteiger partial charge in [0.05, 0.1) is 19.1 Å². The Hall–Kier alpha value is -3.30. The number of anilines is 2. The number of oxazole rings is 1. The standard InChI is InChI=1S/C30H36FN3O5/c1-19-8-4-5-9-23(19)32-29-33-24-12-10-21(17-26(24)38-29)18-27(35)30(31,34-14-6-7-15-34)39-25-13-11-22(16-20(25)2)28(36)37-3/h4-5,8-10,12,17,20,22,25H,6-7,11,13-16,18H2,1-3H3,(H,32,33)/t20?,22?,25-,30?/m0/s1. The van der Waals surface area contributed by atoms with E-state index in [1.54, 1.807) is 18.2 Å². The van der Waals surface area contributed by atoms with E-state index in [1.165, 1.54) is 12.0 Å². The number of aromatic nitrogens is 1. The van der Waals surface area contributed by atoms with E-state index in [-0.39, 0.29) is 24.2 Å². The number of hydrogen-bond acceptors (Lipinski definition) is 8. The number of halogens is 1. The fourth-order valence-electron chi connectivity index (χ4n) is 5.70. The third-order valence-corrected chi connectivity index (χ3v) is 7.99. The molecule has 1 aliphatic heterocycles. The third kappa shape index (κ3) is 5.84. The predicted octanol–water partition coefficient (Wildman–Crippen LogP) is 5.70. The Labute approximate surface area is 227 Å². The number of hydrogen-bond donors (Lipinski definition) is 1. The minimum atomic E-state index is -2.53. The average Bonchev–Trinajstić information content (AvgIpc) is 3.61. The number of rotatable bonds is 9. The molecular formula is C30H36FN3O5. The summed E-state index contributed by atoms with van der Waals surface area (Å²) in [5.74, 6) is -3.72. The lowest BCUT2D eigenvalue weighted by Crippen LogP contribution is -2.55. The van der Waals surface area contributed by atoms with E-state index in [4.69, 9.17) is 13.9 Å². The maximum atomic E-state index is 16.7. The molecule has 1 N–H and O–H groups in total. The van der Waals surface area contributed by atoms with Crippen molar-refractivity contribution in [2.75, 3.05) is 25.5 Å². The number of nitrogens with zero attached hydrogens (tertiary/aromatic N) is 2. The van der Waals surface area contributed by atoms with Crippen molar-refractivity contribution < 1.29 is 27.9 Å². The molecule has 39 heavy (non-hydrogen) atoms. The Kier molecular flexibility index (Phi) is 8.00. The molecule has 1 saturated heterocycles. The van der Waals surface area contributed by atoms with E-state index in [9.17, 15) is 9.59 Å². The van der Waals surface area contributed by atoms with Crippen LogP contribution < -0.4 is 5.32 Å². The predicted molar refractivity (Wildman–Crippen MR) is 145 cm³/mol. The fourth-order valence-corrected chi connectivity index (χ4v) is 5.70. The molecule has 0 amide bonds. The summed E-state index contributed by atoms with van der Waals surface area (Å²) in [7, 11) is 1.38. The first-order valence-electron chi connectivity index (χ1n) is 13.7. The average molecular weight is 538 g/mol. The smallest absolute Gasteiger partial charge is 0.330 e. The van der Waals surface area contributed by atoms with Crippen molar-refractivity contribution in [2.24, 2.45) is 11.8 Å². The molecule has 5 rings (SSSR count). The Morgan fingerprint density at radius 2 is 1.95 bits per heavy atom. The molecular weight excluding hydrogens is 501 g/mol. The number of Topliss-reactive ketones (excluding diaryl/α,β-unsaturated/α-hetero) is 1. The highest BCUT2D eigenvalue weighted by Crippen LogP contribution is 2.37. The molecule has 2 aliphatic rings. The molecule has 2 fully saturated rings. The van der Waals surface area contributed by atoms with Crippen molar-refractivity contribution >= 4 is 34.6 Å². The highest BCUT2D eigenvalue weighted by molar-refractivity contribution is 5.88. The fraction of sp³-hybridized carbons (Fsp3) is 0.500. The minimum Gasteiger partial charge on any atom is -0.469 e. The van der Waals surface area contributed by atoms with Crippen LogP contribution in [0, 0.1) is 18.8 Å². The summed E-state index contributed by atoms with van der Waals surface area (Å²) < 4.78 is 33.5. The Morgan fingerprint density at radius 1 is 1.18 bits per heavy atom. The van der Waals surface area contributed by atoms with Crippen LogP contribution in [0.15, 0.2) is 46.9 Å². The monoisotopic (exact) mass is 537 g/mol. The van der Waals surface area contributed by atoms with Gasteiger partial charge in [-0.1, -0.05) is 31.2 Å². The lowest BCUT2D eigenvalue weighted by atomic mass is 9.80. The molecule has 2 heterocycles. The number of ether oxygens (including phenoxy) is 2. The van der Waals surface area contributed by atoms with Crippen molar-refractivity contribution in [1.82, 2.24) is 9.88 Å². The number of carbonyl (C=O) groups excluding carboxylic acids is 2. The lowest BCUT2D eigenvalue weighted by molar-refractivity contribution is -0.259. The van der Waals surface area contributed by atoms with Crippen LogP contribution in [0.4, 0.5) is 16.1 Å². The van der Waals surface area contributed by atoms with E-state index in [0.717, 1.165) is 24.1 Å². The van der Waals surface area contributed by atoms with Gasteiger partial charge in [-0.3, -0.25) is 9.59 Å². The van der Waals surface area contributed by atoms with Gasteiger partial charge in [-0.15, -0.1) is 0 Å². The third-order valence-electron chi connectivity index (χ3n) is 7.99. The molecule has 1 saturated carbocycles. The Morgan fingerprint density at radius 3 is 2.67 bits per heavy atom. The van der Waals surface area contributed by atoms with Crippen LogP contribution in [0.5, 0.6) is 0 Å². The van der Waals surface area contributed by atoms with E-state index in [1.807, 2.05) is 38.1 Å². The van der Waals surface area contributed by atoms with Gasteiger partial charge in [0, 0.05) is 25.2 Å². The number of fused-ring (bicyclic) bond motifs is 1. The number of esters is 1. The summed E-state index contributed by atoms with van der Waals surface area (Å²) in [6.45, 7) is 4.85. The SMILES string of the molecule is COC(=O)C1CC[C@H](OC(F)(C(=O)Cc2ccc3nc(Nc4ccccc4C)oc3c2)N2CCCC2)C(C)C1. The van der Waals surface area contributed by atoms with Crippen LogP contribution in [-0.4, -0.2) is 53.9 Å². The molecule has 1 aromatic heterocycles. The van der Waals surface area contributed by atoms with Gasteiger partial charge in [0.1, 0.15) is 5.52 Å². The van der Waals surface area contributed by atoms with Gasteiger partial charge >= 0.3 is 11.9 Å². The summed E-state index contributed by atoms with van der Waals surface area (Å²) in [6.07, 6.45) is 2.61. The van der Waals surface area contributed by atoms with Gasteiger partial charge in [-0.05, 0) is 74.3 Å². The van der Waals surface area contributed by atoms with Gasteiger partial charge < -0.3 is 19.2 Å². The first-order chi connectivity index (χ1) is 18.8. The lowest BCUT2D eigenvalue weighted by Gasteiger charge is -2.40. The number of likely N-dealkylation sites (tertiary alicyclic amines) is 1. The molecule has 3 unspecified atom stereocenters. The first kappa shape index (κ1) is 27.3. The zero-order valence-corrected chi connectivity index (χ0v) is 22.7. The normalized spacial score (nSPS) is 23.4. The van der Waals surface area contributed by atoms with Crippen molar-refractivity contribution in [2.45, 2.75) is 64.5 Å². The summed E-state index contributed by atoms with van der Waals surface area (Å²) in [4.78, 5) is 31.6. The minimum absolute atomic E-state index is 0.0851. The van der Waals surface area contributed by atoms with E-state index in [0.29, 0.717) is 55.0 Å². The number of benzene rings is 2. The van der Waals surface area contributed by atoms with Crippen molar-refractivity contribution in [1.29, 1.82) is 0 Å². The van der Waals surface area contributed by atoms with Crippen LogP contribution in [0.1, 0.15) is 50.2 Å². The maximum absolute atomic E-state index is 16.7. The van der Waals surface area contributed by atoms with Crippen molar-refractivity contribution in [3.8, 4) is 0 Å². The second-order valence-electron chi connectivity index (χ2n) is 10.8. The number of methoxy groups -OCH3 is 1. The van der Waals surface area contributed by atoms with E-state index >= 15 is 4.39 Å². The first-order valence-corrected chi connectivity index (χ1v) is 13.7. The van der Waals surface area contributed by atoms with E-state index < -0.39 is 17.9 Å². The summed E-state index contributed by atoms with van der Waals surface area (Å²) in [5, 5.41) is 3.19. The quantitative estimate of drug-likeness (QED) is 0.274. The molecule has 2 aromatic carbocycles. The molecule has 0 bridgehead atoms. The molecule has 0 spiro atoms. The summed E-state index contributed by atoms with van der Waals surface area (Å²) in [6, 6.07) is 13.4. The van der Waals surface area contributed by atoms with Crippen LogP contribution in [0.2, 0.25) is 0 Å². The van der Waals surface area contributed by atoms with Crippen LogP contribution in [-0.2, 0) is 25.5 Å². The van der Waals surface area contributed by atoms with Gasteiger partial charge in [0.15, 0.2) is 5.58 Å². The van der Waals surface area contributed by atoms with Crippen LogP contribution >= 0.6 is 0 Å². The molecule has 1 aliphatic carbocycles. The molecule has 0 radical (unpaired) electrons. The second-order valence-corrected chi connectivity index (χ2v) is 10.8. The summed E-state index contributed by atoms with van der Waals surface area (Å²) >= 11 is 0. The number of nitrogens with one attached hydrogen (secondary N) is 1. The molecule has 4 atom stereocenters. The molecule has 9 heteroatoms. The summed E-state index contributed by atoms with van der Waals surface area (Å²) in [5.41, 5.74) is 3.72. The highest BCUT2D eigenvalue weighted by Gasteiger charge is 2.49. The number of aryl methyl sites for hydroxylation is 1. The number of ketones is 1.